The number of nitrogens with zero attached hydrogens (tertiary/aromatic N) is 2. The molecule has 4 aromatic carbocycles. The number of fused-ring (bicyclic) bond motifs is 3. The average molecular weight is 370 g/mol. The Morgan fingerprint density at radius 2 is 0.862 bits per heavy atom. The summed E-state index contributed by atoms with van der Waals surface area (Å²) in [5.74, 6) is 0. The van der Waals surface area contributed by atoms with Crippen LogP contribution in [0, 0.1) is 22.7 Å². The van der Waals surface area contributed by atoms with Gasteiger partial charge in [-0.3, -0.25) is 0 Å². The predicted molar refractivity (Wildman–Crippen MR) is 114 cm³/mol. The molecule has 5 rings (SSSR count). The van der Waals surface area contributed by atoms with Crippen LogP contribution >= 0.6 is 0 Å². The van der Waals surface area contributed by atoms with Crippen LogP contribution in [0.25, 0.3) is 44.2 Å². The van der Waals surface area contributed by atoms with Crippen molar-refractivity contribution in [3.8, 4) is 34.4 Å². The first-order valence-electron chi connectivity index (χ1n) is 9.22. The number of furan rings is 1. The Bertz CT molecular complexity index is 1330. The maximum Gasteiger partial charge on any atom is 0.135 e. The smallest absolute Gasteiger partial charge is 0.135 e. The fourth-order valence-corrected chi connectivity index (χ4v) is 3.61. The molecule has 29 heavy (non-hydrogen) atoms. The van der Waals surface area contributed by atoms with E-state index < -0.39 is 0 Å². The normalized spacial score (nSPS) is 10.7. The second-order valence-electron chi connectivity index (χ2n) is 6.90. The molecule has 0 bridgehead atoms. The first kappa shape index (κ1) is 16.8. The monoisotopic (exact) mass is 370 g/mol. The topological polar surface area (TPSA) is 60.7 Å². The second kappa shape index (κ2) is 6.68. The highest BCUT2D eigenvalue weighted by molar-refractivity contribution is 6.07. The zero-order valence-corrected chi connectivity index (χ0v) is 15.4. The summed E-state index contributed by atoms with van der Waals surface area (Å²) in [4.78, 5) is 0. The summed E-state index contributed by atoms with van der Waals surface area (Å²) in [6.07, 6.45) is 0. The van der Waals surface area contributed by atoms with Crippen LogP contribution < -0.4 is 0 Å². The summed E-state index contributed by atoms with van der Waals surface area (Å²) in [5.41, 5.74) is 7.25. The van der Waals surface area contributed by atoms with Gasteiger partial charge in [0, 0.05) is 10.8 Å². The maximum atomic E-state index is 9.00. The molecule has 0 amide bonds. The Morgan fingerprint density at radius 3 is 1.24 bits per heavy atom. The van der Waals surface area contributed by atoms with Gasteiger partial charge in [0.2, 0.25) is 0 Å². The number of hydrogen-bond acceptors (Lipinski definition) is 3. The highest BCUT2D eigenvalue weighted by atomic mass is 16.3. The van der Waals surface area contributed by atoms with E-state index in [1.165, 1.54) is 0 Å². The summed E-state index contributed by atoms with van der Waals surface area (Å²) >= 11 is 0. The molecule has 0 aliphatic heterocycles. The Balaban J connectivity index is 1.64. The number of hydrogen-bond donors (Lipinski definition) is 0. The van der Waals surface area contributed by atoms with Crippen LogP contribution in [0.15, 0.2) is 89.3 Å². The zero-order chi connectivity index (χ0) is 19.8. The summed E-state index contributed by atoms with van der Waals surface area (Å²) < 4.78 is 6.02. The van der Waals surface area contributed by atoms with E-state index in [4.69, 9.17) is 14.9 Å². The molecule has 3 heteroatoms. The molecular formula is C26H14N2O. The van der Waals surface area contributed by atoms with E-state index in [2.05, 4.69) is 24.3 Å². The Kier molecular flexibility index (Phi) is 3.87. The van der Waals surface area contributed by atoms with Crippen LogP contribution in [0.3, 0.4) is 0 Å². The number of benzene rings is 4. The molecular weight excluding hydrogens is 356 g/mol. The lowest BCUT2D eigenvalue weighted by molar-refractivity contribution is 0.669. The summed E-state index contributed by atoms with van der Waals surface area (Å²) in [6, 6.07) is 31.8. The lowest BCUT2D eigenvalue weighted by atomic mass is 9.99. The molecule has 0 spiro atoms. The molecule has 134 valence electrons. The lowest BCUT2D eigenvalue weighted by Gasteiger charge is -2.03. The van der Waals surface area contributed by atoms with Crippen LogP contribution in [0.2, 0.25) is 0 Å². The molecule has 0 N–H and O–H groups in total. The Morgan fingerprint density at radius 1 is 0.483 bits per heavy atom. The van der Waals surface area contributed by atoms with Gasteiger partial charge in [0.1, 0.15) is 11.2 Å². The second-order valence-corrected chi connectivity index (χ2v) is 6.90. The molecule has 5 aromatic rings. The first-order chi connectivity index (χ1) is 14.2. The number of nitriles is 2. The van der Waals surface area contributed by atoms with Crippen molar-refractivity contribution >= 4 is 21.9 Å². The van der Waals surface area contributed by atoms with Crippen molar-refractivity contribution in [1.82, 2.24) is 0 Å². The Labute approximate surface area is 167 Å². The maximum absolute atomic E-state index is 9.00. The van der Waals surface area contributed by atoms with Gasteiger partial charge in [-0.25, -0.2) is 0 Å². The summed E-state index contributed by atoms with van der Waals surface area (Å²) in [7, 11) is 0. The van der Waals surface area contributed by atoms with Gasteiger partial charge in [0.05, 0.1) is 23.3 Å². The minimum atomic E-state index is 0.649. The fraction of sp³-hybridized carbons (Fsp3) is 0. The minimum absolute atomic E-state index is 0.649. The van der Waals surface area contributed by atoms with Gasteiger partial charge >= 0.3 is 0 Å². The first-order valence-corrected chi connectivity index (χ1v) is 9.22. The molecule has 1 aromatic heterocycles. The number of rotatable bonds is 2. The van der Waals surface area contributed by atoms with Crippen molar-refractivity contribution in [2.24, 2.45) is 0 Å². The molecule has 3 nitrogen and oxygen atoms in total. The third-order valence-corrected chi connectivity index (χ3v) is 5.16. The van der Waals surface area contributed by atoms with Crippen molar-refractivity contribution in [3.63, 3.8) is 0 Å². The van der Waals surface area contributed by atoms with E-state index in [9.17, 15) is 0 Å². The highest BCUT2D eigenvalue weighted by Crippen LogP contribution is 2.35. The average Bonchev–Trinajstić information content (AvgIpc) is 3.16. The third kappa shape index (κ3) is 2.92. The quantitative estimate of drug-likeness (QED) is 0.349. The SMILES string of the molecule is N#Cc1ccc(-c2ccc3oc4ccc(-c5ccc(C#N)cc5)cc4c3c2)cc1. The molecule has 0 saturated carbocycles. The van der Waals surface area contributed by atoms with E-state index in [0.29, 0.717) is 11.1 Å². The summed E-state index contributed by atoms with van der Waals surface area (Å²) in [5, 5.41) is 20.1. The van der Waals surface area contributed by atoms with Gasteiger partial charge in [-0.2, -0.15) is 10.5 Å². The van der Waals surface area contributed by atoms with Crippen molar-refractivity contribution < 1.29 is 4.42 Å². The van der Waals surface area contributed by atoms with E-state index in [1.54, 1.807) is 0 Å². The standard InChI is InChI=1S/C26H14N2O/c27-15-17-1-5-19(6-2-17)21-9-11-25-23(13-21)24-14-22(10-12-26(24)29-25)20-7-3-18(16-28)4-8-20/h1-14H. The van der Waals surface area contributed by atoms with E-state index in [-0.39, 0.29) is 0 Å². The van der Waals surface area contributed by atoms with Crippen LogP contribution in [0.4, 0.5) is 0 Å². The molecule has 0 unspecified atom stereocenters. The zero-order valence-electron chi connectivity index (χ0n) is 15.4. The summed E-state index contributed by atoms with van der Waals surface area (Å²) in [6.45, 7) is 0. The third-order valence-electron chi connectivity index (χ3n) is 5.16. The molecule has 0 saturated heterocycles. The van der Waals surface area contributed by atoms with E-state index >= 15 is 0 Å². The predicted octanol–water partition coefficient (Wildman–Crippen LogP) is 6.66. The molecule has 0 atom stereocenters. The van der Waals surface area contributed by atoms with Crippen molar-refractivity contribution in [3.05, 3.63) is 96.1 Å². The molecule has 1 heterocycles. The van der Waals surface area contributed by atoms with Gasteiger partial charge in [0.15, 0.2) is 0 Å². The minimum Gasteiger partial charge on any atom is -0.456 e. The fourth-order valence-electron chi connectivity index (χ4n) is 3.61. The molecule has 0 aliphatic rings. The van der Waals surface area contributed by atoms with Crippen LogP contribution in [0.1, 0.15) is 11.1 Å². The van der Waals surface area contributed by atoms with Crippen molar-refractivity contribution in [2.75, 3.05) is 0 Å². The van der Waals surface area contributed by atoms with Gasteiger partial charge in [-0.05, 0) is 70.8 Å². The molecule has 0 aliphatic carbocycles. The Hall–Kier alpha value is -4.34. The van der Waals surface area contributed by atoms with Crippen LogP contribution in [-0.4, -0.2) is 0 Å². The van der Waals surface area contributed by atoms with Crippen LogP contribution in [-0.2, 0) is 0 Å². The lowest BCUT2D eigenvalue weighted by Crippen LogP contribution is -1.80. The van der Waals surface area contributed by atoms with E-state index in [1.807, 2.05) is 72.8 Å². The molecule has 0 fully saturated rings. The van der Waals surface area contributed by atoms with Crippen molar-refractivity contribution in [1.29, 1.82) is 10.5 Å². The van der Waals surface area contributed by atoms with Gasteiger partial charge in [-0.1, -0.05) is 36.4 Å². The molecule has 0 radical (unpaired) electrons. The van der Waals surface area contributed by atoms with E-state index in [0.717, 1.165) is 44.2 Å². The van der Waals surface area contributed by atoms with Gasteiger partial charge < -0.3 is 4.42 Å². The van der Waals surface area contributed by atoms with Gasteiger partial charge in [0.25, 0.3) is 0 Å². The van der Waals surface area contributed by atoms with Gasteiger partial charge in [-0.15, -0.1) is 0 Å². The highest BCUT2D eigenvalue weighted by Gasteiger charge is 2.10. The van der Waals surface area contributed by atoms with Crippen molar-refractivity contribution in [2.45, 2.75) is 0 Å². The van der Waals surface area contributed by atoms with Crippen LogP contribution in [0.5, 0.6) is 0 Å². The largest absolute Gasteiger partial charge is 0.456 e.